The number of halogens is 1. The van der Waals surface area contributed by atoms with E-state index in [2.05, 4.69) is 10.3 Å². The Hall–Kier alpha value is -2.30. The number of ether oxygens (including phenoxy) is 1. The van der Waals surface area contributed by atoms with Crippen LogP contribution >= 0.6 is 0 Å². The van der Waals surface area contributed by atoms with Gasteiger partial charge >= 0.3 is 0 Å². The van der Waals surface area contributed by atoms with Crippen LogP contribution in [0.1, 0.15) is 34.9 Å². The molecule has 1 atom stereocenters. The zero-order chi connectivity index (χ0) is 13.9. The van der Waals surface area contributed by atoms with E-state index in [1.54, 1.807) is 24.4 Å². The van der Waals surface area contributed by atoms with Gasteiger partial charge in [0.15, 0.2) is 0 Å². The summed E-state index contributed by atoms with van der Waals surface area (Å²) in [6.45, 7) is 0.577. The maximum atomic E-state index is 13.4. The van der Waals surface area contributed by atoms with Gasteiger partial charge in [-0.1, -0.05) is 0 Å². The van der Waals surface area contributed by atoms with Crippen molar-refractivity contribution in [2.45, 2.75) is 18.9 Å². The van der Waals surface area contributed by atoms with Crippen molar-refractivity contribution in [3.05, 3.63) is 53.6 Å². The minimum absolute atomic E-state index is 0.197. The molecule has 3 rings (SSSR count). The van der Waals surface area contributed by atoms with E-state index >= 15 is 0 Å². The molecular weight excluding hydrogens is 259 g/mol. The van der Waals surface area contributed by atoms with E-state index in [9.17, 15) is 9.18 Å². The first-order valence-corrected chi connectivity index (χ1v) is 6.60. The normalized spacial score (nSPS) is 17.8. The Morgan fingerprint density at radius 1 is 1.40 bits per heavy atom. The molecule has 5 heteroatoms. The Morgan fingerprint density at radius 2 is 2.30 bits per heavy atom. The molecule has 4 nitrogen and oxygen atoms in total. The Bertz CT molecular complexity index is 610. The first kappa shape index (κ1) is 12.7. The van der Waals surface area contributed by atoms with Crippen LogP contribution in [0.15, 0.2) is 36.5 Å². The molecule has 2 heterocycles. The highest BCUT2D eigenvalue weighted by atomic mass is 19.1. The van der Waals surface area contributed by atoms with Gasteiger partial charge in [-0.2, -0.15) is 0 Å². The molecule has 104 valence electrons. The molecule has 20 heavy (non-hydrogen) atoms. The largest absolute Gasteiger partial charge is 0.493 e. The number of aromatic amines is 1. The van der Waals surface area contributed by atoms with Gasteiger partial charge in [-0.3, -0.25) is 4.79 Å². The minimum atomic E-state index is -0.326. The maximum absolute atomic E-state index is 13.4. The van der Waals surface area contributed by atoms with E-state index in [0.717, 1.165) is 12.8 Å². The van der Waals surface area contributed by atoms with Gasteiger partial charge in [-0.25, -0.2) is 4.39 Å². The molecule has 2 aromatic rings. The Morgan fingerprint density at radius 3 is 3.10 bits per heavy atom. The lowest BCUT2D eigenvalue weighted by atomic mass is 10.0. The Labute approximate surface area is 116 Å². The number of amides is 1. The van der Waals surface area contributed by atoms with Gasteiger partial charge in [-0.05, 0) is 43.2 Å². The second kappa shape index (κ2) is 5.36. The summed E-state index contributed by atoms with van der Waals surface area (Å²) in [7, 11) is 0. The molecule has 1 aliphatic heterocycles. The van der Waals surface area contributed by atoms with E-state index in [-0.39, 0.29) is 17.8 Å². The zero-order valence-electron chi connectivity index (χ0n) is 10.9. The number of aromatic nitrogens is 1. The van der Waals surface area contributed by atoms with Crippen LogP contribution in [0.5, 0.6) is 5.75 Å². The predicted molar refractivity (Wildman–Crippen MR) is 72.1 cm³/mol. The van der Waals surface area contributed by atoms with Crippen LogP contribution in [-0.4, -0.2) is 17.5 Å². The predicted octanol–water partition coefficient (Wildman–Crippen LogP) is 2.80. The van der Waals surface area contributed by atoms with Gasteiger partial charge in [0.2, 0.25) is 0 Å². The van der Waals surface area contributed by atoms with E-state index in [0.29, 0.717) is 23.6 Å². The van der Waals surface area contributed by atoms with Gasteiger partial charge < -0.3 is 15.0 Å². The number of fused-ring (bicyclic) bond motifs is 1. The second-order valence-electron chi connectivity index (χ2n) is 4.78. The number of carbonyl (C=O) groups excluding carboxylic acids is 1. The van der Waals surface area contributed by atoms with Gasteiger partial charge in [0, 0.05) is 11.8 Å². The lowest BCUT2D eigenvalue weighted by Gasteiger charge is -2.18. The van der Waals surface area contributed by atoms with Crippen LogP contribution in [0.4, 0.5) is 4.39 Å². The zero-order valence-corrected chi connectivity index (χ0v) is 10.9. The highest BCUT2D eigenvalue weighted by molar-refractivity contribution is 5.92. The standard InChI is InChI=1S/C15H15FN2O2/c16-10-5-6-14-11(9-10)12(4-2-8-20-14)18-15(19)13-3-1-7-17-13/h1,3,5-7,9,12,17H,2,4,8H2,(H,18,19)/t12-/m0/s1. The topological polar surface area (TPSA) is 54.1 Å². The molecular formula is C15H15FN2O2. The lowest BCUT2D eigenvalue weighted by Crippen LogP contribution is -2.28. The highest BCUT2D eigenvalue weighted by Crippen LogP contribution is 2.32. The molecule has 0 unspecified atom stereocenters. The maximum Gasteiger partial charge on any atom is 0.268 e. The SMILES string of the molecule is O=C(N[C@H]1CCCOc2ccc(F)cc21)c1ccc[nH]1. The monoisotopic (exact) mass is 274 g/mol. The summed E-state index contributed by atoms with van der Waals surface area (Å²) in [4.78, 5) is 15.0. The van der Waals surface area contributed by atoms with Crippen molar-refractivity contribution in [3.8, 4) is 5.75 Å². The molecule has 0 bridgehead atoms. The van der Waals surface area contributed by atoms with Gasteiger partial charge in [-0.15, -0.1) is 0 Å². The van der Waals surface area contributed by atoms with Gasteiger partial charge in [0.1, 0.15) is 17.3 Å². The van der Waals surface area contributed by atoms with Crippen molar-refractivity contribution >= 4 is 5.91 Å². The third kappa shape index (κ3) is 2.52. The first-order valence-electron chi connectivity index (χ1n) is 6.60. The molecule has 0 spiro atoms. The smallest absolute Gasteiger partial charge is 0.268 e. The molecule has 1 aromatic carbocycles. The number of carbonyl (C=O) groups is 1. The molecule has 0 radical (unpaired) electrons. The van der Waals surface area contributed by atoms with Crippen molar-refractivity contribution in [2.24, 2.45) is 0 Å². The third-order valence-electron chi connectivity index (χ3n) is 3.39. The average Bonchev–Trinajstić information content (AvgIpc) is 2.91. The molecule has 0 fully saturated rings. The Kier molecular flexibility index (Phi) is 3.41. The van der Waals surface area contributed by atoms with E-state index in [1.807, 2.05) is 0 Å². The van der Waals surface area contributed by atoms with Crippen LogP contribution in [0.25, 0.3) is 0 Å². The highest BCUT2D eigenvalue weighted by Gasteiger charge is 2.22. The number of hydrogen-bond donors (Lipinski definition) is 2. The fourth-order valence-corrected chi connectivity index (χ4v) is 2.41. The van der Waals surface area contributed by atoms with Crippen molar-refractivity contribution in [1.82, 2.24) is 10.3 Å². The third-order valence-corrected chi connectivity index (χ3v) is 3.39. The van der Waals surface area contributed by atoms with Crippen LogP contribution < -0.4 is 10.1 Å². The number of hydrogen-bond acceptors (Lipinski definition) is 2. The molecule has 2 N–H and O–H groups in total. The number of nitrogens with one attached hydrogen (secondary N) is 2. The first-order chi connectivity index (χ1) is 9.74. The molecule has 0 saturated heterocycles. The van der Waals surface area contributed by atoms with E-state index in [4.69, 9.17) is 4.74 Å². The van der Waals surface area contributed by atoms with E-state index in [1.165, 1.54) is 12.1 Å². The van der Waals surface area contributed by atoms with Crippen LogP contribution in [0.3, 0.4) is 0 Å². The molecule has 0 aliphatic carbocycles. The lowest BCUT2D eigenvalue weighted by molar-refractivity contribution is 0.0930. The van der Waals surface area contributed by atoms with E-state index < -0.39 is 0 Å². The summed E-state index contributed by atoms with van der Waals surface area (Å²) in [6.07, 6.45) is 3.23. The number of benzene rings is 1. The number of H-pyrrole nitrogens is 1. The minimum Gasteiger partial charge on any atom is -0.493 e. The van der Waals surface area contributed by atoms with Crippen LogP contribution in [0, 0.1) is 5.82 Å². The summed E-state index contributed by atoms with van der Waals surface area (Å²) in [5.41, 5.74) is 1.19. The molecule has 0 saturated carbocycles. The van der Waals surface area contributed by atoms with Crippen LogP contribution in [0.2, 0.25) is 0 Å². The van der Waals surface area contributed by atoms with Gasteiger partial charge in [0.25, 0.3) is 5.91 Å². The summed E-state index contributed by atoms with van der Waals surface area (Å²) in [5.74, 6) is 0.117. The fraction of sp³-hybridized carbons (Fsp3) is 0.267. The summed E-state index contributed by atoms with van der Waals surface area (Å²) in [5, 5.41) is 2.93. The fourth-order valence-electron chi connectivity index (χ4n) is 2.41. The number of rotatable bonds is 2. The van der Waals surface area contributed by atoms with Crippen LogP contribution in [-0.2, 0) is 0 Å². The van der Waals surface area contributed by atoms with Crippen molar-refractivity contribution in [3.63, 3.8) is 0 Å². The second-order valence-corrected chi connectivity index (χ2v) is 4.78. The summed E-state index contributed by atoms with van der Waals surface area (Å²) < 4.78 is 19.0. The average molecular weight is 274 g/mol. The Balaban J connectivity index is 1.86. The molecule has 1 aromatic heterocycles. The summed E-state index contributed by atoms with van der Waals surface area (Å²) in [6, 6.07) is 7.64. The van der Waals surface area contributed by atoms with Crippen molar-refractivity contribution in [2.75, 3.05) is 6.61 Å². The summed E-state index contributed by atoms with van der Waals surface area (Å²) >= 11 is 0. The van der Waals surface area contributed by atoms with Crippen molar-refractivity contribution < 1.29 is 13.9 Å². The molecule has 1 amide bonds. The van der Waals surface area contributed by atoms with Crippen molar-refractivity contribution in [1.29, 1.82) is 0 Å². The molecule has 1 aliphatic rings. The quantitative estimate of drug-likeness (QED) is 0.884. The van der Waals surface area contributed by atoms with Gasteiger partial charge in [0.05, 0.1) is 12.6 Å².